The van der Waals surface area contributed by atoms with E-state index in [-0.39, 0.29) is 18.5 Å². The van der Waals surface area contributed by atoms with Crippen molar-refractivity contribution >= 4 is 11.9 Å². The normalized spacial score (nSPS) is 23.4. The van der Waals surface area contributed by atoms with Crippen LogP contribution in [-0.4, -0.2) is 52.9 Å². The predicted molar refractivity (Wildman–Crippen MR) is 72.9 cm³/mol. The van der Waals surface area contributed by atoms with Crippen molar-refractivity contribution in [2.45, 2.75) is 18.9 Å². The maximum atomic E-state index is 11.6. The monoisotopic (exact) mass is 274 g/mol. The van der Waals surface area contributed by atoms with Crippen molar-refractivity contribution in [1.82, 2.24) is 20.1 Å². The first-order chi connectivity index (χ1) is 9.75. The lowest BCUT2D eigenvalue weighted by Crippen LogP contribution is -2.38. The second-order valence-corrected chi connectivity index (χ2v) is 5.18. The summed E-state index contributed by atoms with van der Waals surface area (Å²) in [5.41, 5.74) is 1.26. The quantitative estimate of drug-likeness (QED) is 0.824. The van der Waals surface area contributed by atoms with Crippen LogP contribution >= 0.6 is 0 Å². The Morgan fingerprint density at radius 2 is 2.05 bits per heavy atom. The van der Waals surface area contributed by atoms with E-state index in [9.17, 15) is 9.59 Å². The number of likely N-dealkylation sites (tertiary alicyclic amines) is 1. The Hall–Kier alpha value is -1.95. The number of carbonyl (C=O) groups excluding carboxylic acids is 2. The lowest BCUT2D eigenvalue weighted by Gasteiger charge is -2.26. The second kappa shape index (κ2) is 5.58. The third-order valence-electron chi connectivity index (χ3n) is 4.00. The number of hydrogen-bond acceptors (Lipinski definition) is 4. The molecule has 1 N–H and O–H groups in total. The minimum atomic E-state index is -0.269. The van der Waals surface area contributed by atoms with Gasteiger partial charge in [-0.15, -0.1) is 0 Å². The Balaban J connectivity index is 1.62. The van der Waals surface area contributed by atoms with Gasteiger partial charge < -0.3 is 5.32 Å². The molecule has 6 nitrogen and oxygen atoms in total. The van der Waals surface area contributed by atoms with Crippen LogP contribution in [0, 0.1) is 0 Å². The molecule has 20 heavy (non-hydrogen) atoms. The molecular formula is C14H18N4O2. The first-order valence-corrected chi connectivity index (χ1v) is 6.98. The summed E-state index contributed by atoms with van der Waals surface area (Å²) in [6.45, 7) is 2.33. The fraction of sp³-hybridized carbons (Fsp3) is 0.500. The highest BCUT2D eigenvalue weighted by Crippen LogP contribution is 2.31. The van der Waals surface area contributed by atoms with E-state index in [1.54, 1.807) is 0 Å². The van der Waals surface area contributed by atoms with E-state index >= 15 is 0 Å². The lowest BCUT2D eigenvalue weighted by molar-refractivity contribution is -0.125. The number of hydrogen-bond donors (Lipinski definition) is 1. The fourth-order valence-electron chi connectivity index (χ4n) is 2.97. The third-order valence-corrected chi connectivity index (χ3v) is 4.00. The Bertz CT molecular complexity index is 489. The first-order valence-electron chi connectivity index (χ1n) is 6.98. The van der Waals surface area contributed by atoms with Gasteiger partial charge in [0.2, 0.25) is 5.91 Å². The zero-order valence-corrected chi connectivity index (χ0v) is 11.3. The number of urea groups is 1. The number of nitrogens with zero attached hydrogens (tertiary/aromatic N) is 3. The summed E-state index contributed by atoms with van der Waals surface area (Å²) in [6, 6.07) is 4.18. The molecule has 3 heterocycles. The number of aromatic nitrogens is 1. The Morgan fingerprint density at radius 1 is 1.25 bits per heavy atom. The first kappa shape index (κ1) is 13.1. The summed E-state index contributed by atoms with van der Waals surface area (Å²) >= 11 is 0. The van der Waals surface area contributed by atoms with Crippen molar-refractivity contribution in [1.29, 1.82) is 0 Å². The number of pyridine rings is 1. The van der Waals surface area contributed by atoms with Gasteiger partial charge in [0.15, 0.2) is 0 Å². The maximum absolute atomic E-state index is 11.6. The van der Waals surface area contributed by atoms with Crippen LogP contribution in [0.5, 0.6) is 0 Å². The van der Waals surface area contributed by atoms with E-state index in [1.807, 2.05) is 24.5 Å². The Kier molecular flexibility index (Phi) is 3.64. The van der Waals surface area contributed by atoms with Crippen LogP contribution in [0.2, 0.25) is 0 Å². The van der Waals surface area contributed by atoms with Gasteiger partial charge in [-0.1, -0.05) is 0 Å². The molecular weight excluding hydrogens is 256 g/mol. The molecule has 2 aliphatic rings. The molecule has 1 atom stereocenters. The van der Waals surface area contributed by atoms with E-state index in [0.29, 0.717) is 12.6 Å². The summed E-state index contributed by atoms with van der Waals surface area (Å²) in [5, 5.41) is 2.55. The molecule has 106 valence electrons. The van der Waals surface area contributed by atoms with Crippen molar-refractivity contribution in [3.63, 3.8) is 0 Å². The van der Waals surface area contributed by atoms with Crippen molar-refractivity contribution in [3.8, 4) is 0 Å². The van der Waals surface area contributed by atoms with Crippen molar-refractivity contribution in [3.05, 3.63) is 30.1 Å². The minimum Gasteiger partial charge on any atom is -0.329 e. The molecule has 3 amide bonds. The average Bonchev–Trinajstić information content (AvgIpc) is 3.06. The Labute approximate surface area is 117 Å². The van der Waals surface area contributed by atoms with Crippen LogP contribution in [0.1, 0.15) is 24.4 Å². The lowest BCUT2D eigenvalue weighted by atomic mass is 10.1. The number of rotatable bonds is 4. The molecule has 1 aromatic heterocycles. The third kappa shape index (κ3) is 2.51. The van der Waals surface area contributed by atoms with Gasteiger partial charge in [0.1, 0.15) is 0 Å². The zero-order valence-electron chi connectivity index (χ0n) is 11.3. The predicted octanol–water partition coefficient (Wildman–Crippen LogP) is 0.770. The van der Waals surface area contributed by atoms with Gasteiger partial charge in [-0.3, -0.25) is 19.6 Å². The number of carbonyl (C=O) groups is 2. The van der Waals surface area contributed by atoms with Crippen LogP contribution < -0.4 is 5.32 Å². The molecule has 2 saturated heterocycles. The van der Waals surface area contributed by atoms with E-state index in [4.69, 9.17) is 0 Å². The molecule has 0 bridgehead atoms. The zero-order chi connectivity index (χ0) is 13.9. The van der Waals surface area contributed by atoms with Crippen LogP contribution in [0.4, 0.5) is 4.79 Å². The number of nitrogens with one attached hydrogen (secondary N) is 1. The van der Waals surface area contributed by atoms with Gasteiger partial charge in [-0.2, -0.15) is 0 Å². The summed E-state index contributed by atoms with van der Waals surface area (Å²) in [5.74, 6) is -0.130. The average molecular weight is 274 g/mol. The summed E-state index contributed by atoms with van der Waals surface area (Å²) < 4.78 is 0. The largest absolute Gasteiger partial charge is 0.329 e. The smallest absolute Gasteiger partial charge is 0.324 e. The SMILES string of the molecule is O=C1CNC(=O)N1CCN1CCCC1c1ccncc1. The van der Waals surface area contributed by atoms with Crippen molar-refractivity contribution in [2.75, 3.05) is 26.2 Å². The van der Waals surface area contributed by atoms with Crippen molar-refractivity contribution < 1.29 is 9.59 Å². The van der Waals surface area contributed by atoms with Crippen LogP contribution in [0.25, 0.3) is 0 Å². The van der Waals surface area contributed by atoms with Gasteiger partial charge in [0.25, 0.3) is 0 Å². The molecule has 1 aromatic rings. The molecule has 1 unspecified atom stereocenters. The van der Waals surface area contributed by atoms with Gasteiger partial charge in [-0.25, -0.2) is 4.79 Å². The van der Waals surface area contributed by atoms with Crippen LogP contribution in [0.15, 0.2) is 24.5 Å². The molecule has 0 saturated carbocycles. The Morgan fingerprint density at radius 3 is 2.75 bits per heavy atom. The van der Waals surface area contributed by atoms with E-state index in [2.05, 4.69) is 15.2 Å². The van der Waals surface area contributed by atoms with Gasteiger partial charge in [0.05, 0.1) is 6.54 Å². The van der Waals surface area contributed by atoms with E-state index in [0.717, 1.165) is 25.9 Å². The molecule has 0 spiro atoms. The molecule has 2 aliphatic heterocycles. The van der Waals surface area contributed by atoms with Gasteiger partial charge >= 0.3 is 6.03 Å². The van der Waals surface area contributed by atoms with Crippen LogP contribution in [0.3, 0.4) is 0 Å². The van der Waals surface area contributed by atoms with E-state index < -0.39 is 0 Å². The number of amides is 3. The van der Waals surface area contributed by atoms with Crippen LogP contribution in [-0.2, 0) is 4.79 Å². The standard InChI is InChI=1S/C14H18N4O2/c19-13-10-16-14(20)18(13)9-8-17-7-1-2-12(17)11-3-5-15-6-4-11/h3-6,12H,1-2,7-10H2,(H,16,20). The maximum Gasteiger partial charge on any atom is 0.324 e. The molecule has 2 fully saturated rings. The second-order valence-electron chi connectivity index (χ2n) is 5.18. The molecule has 6 heteroatoms. The van der Waals surface area contributed by atoms with Gasteiger partial charge in [0, 0.05) is 31.5 Å². The topological polar surface area (TPSA) is 65.5 Å². The highest BCUT2D eigenvalue weighted by atomic mass is 16.2. The summed E-state index contributed by atoms with van der Waals surface area (Å²) in [4.78, 5) is 30.8. The summed E-state index contributed by atoms with van der Waals surface area (Å²) in [6.07, 6.45) is 5.88. The van der Waals surface area contributed by atoms with Gasteiger partial charge in [-0.05, 0) is 37.1 Å². The minimum absolute atomic E-state index is 0.130. The fourth-order valence-corrected chi connectivity index (χ4v) is 2.97. The van der Waals surface area contributed by atoms with E-state index in [1.165, 1.54) is 10.5 Å². The molecule has 0 aromatic carbocycles. The molecule has 0 aliphatic carbocycles. The summed E-state index contributed by atoms with van der Waals surface area (Å²) in [7, 11) is 0. The van der Waals surface area contributed by atoms with Crippen molar-refractivity contribution in [2.24, 2.45) is 0 Å². The molecule has 0 radical (unpaired) electrons. The molecule has 3 rings (SSSR count). The number of imide groups is 1. The highest BCUT2D eigenvalue weighted by molar-refractivity contribution is 6.01. The highest BCUT2D eigenvalue weighted by Gasteiger charge is 2.31.